The zero-order valence-electron chi connectivity index (χ0n) is 16.0. The van der Waals surface area contributed by atoms with Crippen molar-refractivity contribution in [3.8, 4) is 22.9 Å². The summed E-state index contributed by atoms with van der Waals surface area (Å²) >= 11 is 0. The van der Waals surface area contributed by atoms with E-state index in [1.807, 2.05) is 48.5 Å². The first-order valence-electron chi connectivity index (χ1n) is 9.01. The van der Waals surface area contributed by atoms with Crippen LogP contribution in [0.25, 0.3) is 22.4 Å². The number of nitrogens with zero attached hydrogens (tertiary/aromatic N) is 1. The van der Waals surface area contributed by atoms with Crippen LogP contribution >= 0.6 is 0 Å². The lowest BCUT2D eigenvalue weighted by molar-refractivity contribution is 0.262. The molecule has 7 heteroatoms. The highest BCUT2D eigenvalue weighted by Crippen LogP contribution is 2.26. The topological polar surface area (TPSA) is 88.3 Å². The Kier molecular flexibility index (Phi) is 5.03. The first-order valence-corrected chi connectivity index (χ1v) is 9.01. The highest BCUT2D eigenvalue weighted by Gasteiger charge is 2.08. The number of carbonyl (C=O) groups excluding carboxylic acids is 1. The van der Waals surface area contributed by atoms with Crippen LogP contribution in [0.4, 0.5) is 16.2 Å². The maximum absolute atomic E-state index is 12.3. The highest BCUT2D eigenvalue weighted by molar-refractivity contribution is 6.00. The number of para-hydroxylation sites is 2. The summed E-state index contributed by atoms with van der Waals surface area (Å²) in [5, 5.41) is 5.58. The Labute approximate surface area is 167 Å². The molecule has 0 aliphatic carbocycles. The molecular formula is C22H20N4O3. The van der Waals surface area contributed by atoms with E-state index in [4.69, 9.17) is 9.47 Å². The predicted molar refractivity (Wildman–Crippen MR) is 114 cm³/mol. The van der Waals surface area contributed by atoms with Crippen LogP contribution in [0.15, 0.2) is 66.7 Å². The quantitative estimate of drug-likeness (QED) is 0.454. The van der Waals surface area contributed by atoms with E-state index in [-0.39, 0.29) is 6.03 Å². The zero-order valence-corrected chi connectivity index (χ0v) is 16.0. The van der Waals surface area contributed by atoms with Gasteiger partial charge in [-0.2, -0.15) is 0 Å². The number of aromatic nitrogens is 2. The maximum Gasteiger partial charge on any atom is 0.323 e. The number of amides is 2. The van der Waals surface area contributed by atoms with Crippen LogP contribution in [-0.2, 0) is 0 Å². The van der Waals surface area contributed by atoms with Crippen molar-refractivity contribution in [3.05, 3.63) is 66.7 Å². The third kappa shape index (κ3) is 4.14. The summed E-state index contributed by atoms with van der Waals surface area (Å²) in [5.74, 6) is 1.97. The fraction of sp³-hybridized carbons (Fsp3) is 0.0909. The normalized spacial score (nSPS) is 10.6. The molecule has 0 atom stereocenters. The number of H-pyrrole nitrogens is 1. The molecule has 0 saturated carbocycles. The monoisotopic (exact) mass is 388 g/mol. The lowest BCUT2D eigenvalue weighted by atomic mass is 10.2. The molecule has 4 rings (SSSR count). The van der Waals surface area contributed by atoms with E-state index in [1.165, 1.54) is 0 Å². The fourth-order valence-electron chi connectivity index (χ4n) is 2.97. The number of anilines is 2. The molecule has 1 heterocycles. The standard InChI is InChI=1S/C22H20N4O3/c1-28-17-11-16(12-18(13-17)29-2)24-22(27)23-15-9-7-14(8-10-15)21-25-19-5-3-4-6-20(19)26-21/h3-13H,1-2H3,(H,25,26)(H2,23,24,27). The molecule has 146 valence electrons. The van der Waals surface area contributed by atoms with Gasteiger partial charge < -0.3 is 25.1 Å². The molecule has 7 nitrogen and oxygen atoms in total. The summed E-state index contributed by atoms with van der Waals surface area (Å²) in [6.45, 7) is 0. The number of urea groups is 1. The Morgan fingerprint density at radius 1 is 0.862 bits per heavy atom. The van der Waals surface area contributed by atoms with Crippen molar-refractivity contribution in [3.63, 3.8) is 0 Å². The van der Waals surface area contributed by atoms with Crippen LogP contribution in [-0.4, -0.2) is 30.2 Å². The number of benzene rings is 3. The van der Waals surface area contributed by atoms with Crippen LogP contribution in [0, 0.1) is 0 Å². The number of imidazole rings is 1. The number of rotatable bonds is 5. The second-order valence-electron chi connectivity index (χ2n) is 6.36. The first kappa shape index (κ1) is 18.4. The largest absolute Gasteiger partial charge is 0.497 e. The Morgan fingerprint density at radius 2 is 1.52 bits per heavy atom. The van der Waals surface area contributed by atoms with E-state index in [2.05, 4.69) is 20.6 Å². The minimum atomic E-state index is -0.364. The minimum absolute atomic E-state index is 0.364. The molecule has 29 heavy (non-hydrogen) atoms. The number of hydrogen-bond acceptors (Lipinski definition) is 4. The highest BCUT2D eigenvalue weighted by atomic mass is 16.5. The lowest BCUT2D eigenvalue weighted by Gasteiger charge is -2.11. The van der Waals surface area contributed by atoms with Gasteiger partial charge in [-0.25, -0.2) is 9.78 Å². The summed E-state index contributed by atoms with van der Waals surface area (Å²) < 4.78 is 10.4. The summed E-state index contributed by atoms with van der Waals surface area (Å²) in [6.07, 6.45) is 0. The Bertz CT molecular complexity index is 1100. The maximum atomic E-state index is 12.3. The van der Waals surface area contributed by atoms with Gasteiger partial charge in [0.2, 0.25) is 0 Å². The molecule has 0 unspecified atom stereocenters. The van der Waals surface area contributed by atoms with E-state index in [0.29, 0.717) is 22.9 Å². The summed E-state index contributed by atoms with van der Waals surface area (Å²) in [7, 11) is 3.12. The molecule has 0 aliphatic heterocycles. The van der Waals surface area contributed by atoms with E-state index >= 15 is 0 Å². The van der Waals surface area contributed by atoms with Crippen LogP contribution in [0.1, 0.15) is 0 Å². The number of nitrogens with one attached hydrogen (secondary N) is 3. The molecule has 4 aromatic rings. The van der Waals surface area contributed by atoms with Crippen molar-refractivity contribution in [2.45, 2.75) is 0 Å². The molecule has 0 spiro atoms. The van der Waals surface area contributed by atoms with E-state index in [9.17, 15) is 4.79 Å². The molecule has 0 fully saturated rings. The Morgan fingerprint density at radius 3 is 2.17 bits per heavy atom. The Balaban J connectivity index is 1.45. The van der Waals surface area contributed by atoms with Gasteiger partial charge in [0, 0.05) is 35.1 Å². The summed E-state index contributed by atoms with van der Waals surface area (Å²) in [4.78, 5) is 20.2. The van der Waals surface area contributed by atoms with Gasteiger partial charge in [0.15, 0.2) is 0 Å². The molecule has 2 amide bonds. The van der Waals surface area contributed by atoms with Crippen LogP contribution < -0.4 is 20.1 Å². The van der Waals surface area contributed by atoms with Crippen molar-refractivity contribution in [2.75, 3.05) is 24.9 Å². The van der Waals surface area contributed by atoms with Gasteiger partial charge >= 0.3 is 6.03 Å². The molecule has 3 N–H and O–H groups in total. The average Bonchev–Trinajstić information content (AvgIpc) is 3.18. The van der Waals surface area contributed by atoms with Crippen molar-refractivity contribution < 1.29 is 14.3 Å². The fourth-order valence-corrected chi connectivity index (χ4v) is 2.97. The van der Waals surface area contributed by atoms with Crippen molar-refractivity contribution >= 4 is 28.4 Å². The molecule has 0 aliphatic rings. The summed E-state index contributed by atoms with van der Waals surface area (Å²) in [5.41, 5.74) is 4.06. The molecule has 1 aromatic heterocycles. The van der Waals surface area contributed by atoms with Gasteiger partial charge in [-0.05, 0) is 36.4 Å². The van der Waals surface area contributed by atoms with Crippen LogP contribution in [0.2, 0.25) is 0 Å². The van der Waals surface area contributed by atoms with Crippen LogP contribution in [0.3, 0.4) is 0 Å². The number of methoxy groups -OCH3 is 2. The third-order valence-corrected chi connectivity index (χ3v) is 4.41. The molecule has 0 saturated heterocycles. The molecule has 0 bridgehead atoms. The van der Waals surface area contributed by atoms with E-state index in [0.717, 1.165) is 22.4 Å². The number of carbonyl (C=O) groups is 1. The minimum Gasteiger partial charge on any atom is -0.497 e. The summed E-state index contributed by atoms with van der Waals surface area (Å²) in [6, 6.07) is 20.1. The molecule has 3 aromatic carbocycles. The number of fused-ring (bicyclic) bond motifs is 1. The second kappa shape index (κ2) is 7.93. The van der Waals surface area contributed by atoms with E-state index in [1.54, 1.807) is 32.4 Å². The van der Waals surface area contributed by atoms with Gasteiger partial charge in [0.05, 0.1) is 25.3 Å². The predicted octanol–water partition coefficient (Wildman–Crippen LogP) is 4.89. The SMILES string of the molecule is COc1cc(NC(=O)Nc2ccc(-c3nc4ccccc4[nH]3)cc2)cc(OC)c1. The first-order chi connectivity index (χ1) is 14.1. The van der Waals surface area contributed by atoms with Gasteiger partial charge in [0.1, 0.15) is 17.3 Å². The van der Waals surface area contributed by atoms with Crippen LogP contribution in [0.5, 0.6) is 11.5 Å². The van der Waals surface area contributed by atoms with Crippen molar-refractivity contribution in [2.24, 2.45) is 0 Å². The van der Waals surface area contributed by atoms with Gasteiger partial charge in [-0.3, -0.25) is 0 Å². The molecular weight excluding hydrogens is 368 g/mol. The van der Waals surface area contributed by atoms with Gasteiger partial charge in [-0.1, -0.05) is 12.1 Å². The molecule has 0 radical (unpaired) electrons. The lowest BCUT2D eigenvalue weighted by Crippen LogP contribution is -2.19. The third-order valence-electron chi connectivity index (χ3n) is 4.41. The number of aromatic amines is 1. The number of ether oxygens (including phenoxy) is 2. The Hall–Kier alpha value is -4.00. The smallest absolute Gasteiger partial charge is 0.323 e. The van der Waals surface area contributed by atoms with Crippen molar-refractivity contribution in [1.82, 2.24) is 9.97 Å². The zero-order chi connectivity index (χ0) is 20.2. The average molecular weight is 388 g/mol. The second-order valence-corrected chi connectivity index (χ2v) is 6.36. The van der Waals surface area contributed by atoms with Crippen molar-refractivity contribution in [1.29, 1.82) is 0 Å². The van der Waals surface area contributed by atoms with Gasteiger partial charge in [-0.15, -0.1) is 0 Å². The van der Waals surface area contributed by atoms with E-state index < -0.39 is 0 Å². The van der Waals surface area contributed by atoms with Gasteiger partial charge in [0.25, 0.3) is 0 Å². The number of hydrogen-bond donors (Lipinski definition) is 3.